The number of anilines is 1. The van der Waals surface area contributed by atoms with Crippen LogP contribution in [0.5, 0.6) is 5.88 Å². The molecule has 0 radical (unpaired) electrons. The van der Waals surface area contributed by atoms with Crippen LogP contribution in [0.2, 0.25) is 0 Å². The molecule has 0 amide bonds. The molecule has 1 aliphatic heterocycles. The molecule has 0 saturated carbocycles. The van der Waals surface area contributed by atoms with E-state index >= 15 is 0 Å². The van der Waals surface area contributed by atoms with Gasteiger partial charge in [-0.2, -0.15) is 0 Å². The number of hydrogen-bond acceptors (Lipinski definition) is 5. The highest BCUT2D eigenvalue weighted by Crippen LogP contribution is 2.14. The lowest BCUT2D eigenvalue weighted by Gasteiger charge is -2.24. The van der Waals surface area contributed by atoms with Crippen LogP contribution >= 0.6 is 12.4 Å². The zero-order chi connectivity index (χ0) is 10.5. The van der Waals surface area contributed by atoms with Gasteiger partial charge in [0, 0.05) is 12.1 Å². The van der Waals surface area contributed by atoms with Crippen LogP contribution in [0.15, 0.2) is 12.4 Å². The zero-order valence-corrected chi connectivity index (χ0v) is 10.1. The van der Waals surface area contributed by atoms with Crippen molar-refractivity contribution in [2.75, 3.05) is 25.5 Å². The Bertz CT molecular complexity index is 317. The molecule has 1 saturated heterocycles. The van der Waals surface area contributed by atoms with Gasteiger partial charge in [-0.05, 0) is 25.9 Å². The molecule has 5 nitrogen and oxygen atoms in total. The normalized spacial score (nSPS) is 16.3. The minimum absolute atomic E-state index is 0. The molecular formula is C10H17ClN4O. The summed E-state index contributed by atoms with van der Waals surface area (Å²) in [4.78, 5) is 8.12. The van der Waals surface area contributed by atoms with E-state index in [1.165, 1.54) is 6.33 Å². The van der Waals surface area contributed by atoms with Gasteiger partial charge in [0.2, 0.25) is 5.88 Å². The lowest BCUT2D eigenvalue weighted by molar-refractivity contribution is 0.397. The smallest absolute Gasteiger partial charge is 0.218 e. The third-order valence-corrected chi connectivity index (χ3v) is 2.54. The molecule has 2 N–H and O–H groups in total. The quantitative estimate of drug-likeness (QED) is 0.833. The maximum Gasteiger partial charge on any atom is 0.218 e. The second-order valence-electron chi connectivity index (χ2n) is 3.61. The standard InChI is InChI=1S/C10H16N4O.ClH/c1-15-10-6-9(12-7-13-10)14-8-2-4-11-5-3-8;/h6-8,11H,2-5H2,1H3,(H,12,13,14);1H. The molecule has 90 valence electrons. The van der Waals surface area contributed by atoms with Crippen molar-refractivity contribution in [3.8, 4) is 5.88 Å². The fraction of sp³-hybridized carbons (Fsp3) is 0.600. The minimum Gasteiger partial charge on any atom is -0.481 e. The molecule has 1 aliphatic rings. The Hall–Kier alpha value is -1.07. The van der Waals surface area contributed by atoms with Crippen molar-refractivity contribution in [1.29, 1.82) is 0 Å². The number of halogens is 1. The average molecular weight is 245 g/mol. The van der Waals surface area contributed by atoms with Gasteiger partial charge in [-0.25, -0.2) is 9.97 Å². The first-order valence-corrected chi connectivity index (χ1v) is 5.22. The van der Waals surface area contributed by atoms with E-state index in [-0.39, 0.29) is 12.4 Å². The van der Waals surface area contributed by atoms with Crippen molar-refractivity contribution in [3.63, 3.8) is 0 Å². The van der Waals surface area contributed by atoms with Gasteiger partial charge in [0.05, 0.1) is 7.11 Å². The Morgan fingerprint density at radius 3 is 2.81 bits per heavy atom. The fourth-order valence-corrected chi connectivity index (χ4v) is 1.71. The van der Waals surface area contributed by atoms with Crippen LogP contribution in [0.3, 0.4) is 0 Å². The highest BCUT2D eigenvalue weighted by atomic mass is 35.5. The predicted octanol–water partition coefficient (Wildman–Crippen LogP) is 1.07. The van der Waals surface area contributed by atoms with Crippen molar-refractivity contribution >= 4 is 18.2 Å². The maximum atomic E-state index is 5.04. The average Bonchev–Trinajstić information content (AvgIpc) is 2.31. The molecule has 2 heterocycles. The first kappa shape index (κ1) is 13.0. The number of rotatable bonds is 3. The minimum atomic E-state index is 0. The van der Waals surface area contributed by atoms with Gasteiger partial charge in [0.25, 0.3) is 0 Å². The van der Waals surface area contributed by atoms with E-state index in [1.54, 1.807) is 7.11 Å². The van der Waals surface area contributed by atoms with Crippen LogP contribution < -0.4 is 15.4 Å². The van der Waals surface area contributed by atoms with Gasteiger partial charge < -0.3 is 15.4 Å². The van der Waals surface area contributed by atoms with Crippen molar-refractivity contribution in [3.05, 3.63) is 12.4 Å². The van der Waals surface area contributed by atoms with Gasteiger partial charge in [-0.1, -0.05) is 0 Å². The molecule has 0 aliphatic carbocycles. The second-order valence-corrected chi connectivity index (χ2v) is 3.61. The Morgan fingerprint density at radius 2 is 2.12 bits per heavy atom. The molecule has 1 aromatic rings. The first-order chi connectivity index (χ1) is 7.38. The van der Waals surface area contributed by atoms with E-state index in [0.717, 1.165) is 31.7 Å². The monoisotopic (exact) mass is 244 g/mol. The van der Waals surface area contributed by atoms with Crippen LogP contribution in [0.4, 0.5) is 5.82 Å². The van der Waals surface area contributed by atoms with Gasteiger partial charge in [-0.15, -0.1) is 12.4 Å². The summed E-state index contributed by atoms with van der Waals surface area (Å²) < 4.78 is 5.04. The third kappa shape index (κ3) is 3.50. The summed E-state index contributed by atoms with van der Waals surface area (Å²) in [6, 6.07) is 2.33. The molecule has 1 aromatic heterocycles. The second kappa shape index (κ2) is 6.50. The lowest BCUT2D eigenvalue weighted by Crippen LogP contribution is -2.35. The molecule has 6 heteroatoms. The summed E-state index contributed by atoms with van der Waals surface area (Å²) in [5, 5.41) is 6.71. The van der Waals surface area contributed by atoms with Crippen LogP contribution in [0.1, 0.15) is 12.8 Å². The number of ether oxygens (including phenoxy) is 1. The summed E-state index contributed by atoms with van der Waals surface area (Å²) in [5.74, 6) is 1.44. The molecule has 0 atom stereocenters. The van der Waals surface area contributed by atoms with Crippen molar-refractivity contribution in [1.82, 2.24) is 15.3 Å². The number of nitrogens with one attached hydrogen (secondary N) is 2. The summed E-state index contributed by atoms with van der Waals surface area (Å²) >= 11 is 0. The van der Waals surface area contributed by atoms with Crippen LogP contribution in [0, 0.1) is 0 Å². The SMILES string of the molecule is COc1cc(NC2CCNCC2)ncn1.Cl. The number of piperidine rings is 1. The van der Waals surface area contributed by atoms with Crippen LogP contribution in [-0.2, 0) is 0 Å². The van der Waals surface area contributed by atoms with E-state index in [4.69, 9.17) is 4.74 Å². The first-order valence-electron chi connectivity index (χ1n) is 5.22. The van der Waals surface area contributed by atoms with Crippen LogP contribution in [0.25, 0.3) is 0 Å². The zero-order valence-electron chi connectivity index (χ0n) is 9.27. The third-order valence-electron chi connectivity index (χ3n) is 2.54. The summed E-state index contributed by atoms with van der Waals surface area (Å²) in [6.45, 7) is 2.14. The van der Waals surface area contributed by atoms with Gasteiger partial charge in [0.15, 0.2) is 0 Å². The highest BCUT2D eigenvalue weighted by molar-refractivity contribution is 5.85. The molecule has 16 heavy (non-hydrogen) atoms. The van der Waals surface area contributed by atoms with E-state index in [1.807, 2.05) is 6.07 Å². The predicted molar refractivity (Wildman–Crippen MR) is 65.3 cm³/mol. The molecule has 0 unspecified atom stereocenters. The fourth-order valence-electron chi connectivity index (χ4n) is 1.71. The van der Waals surface area contributed by atoms with Crippen LogP contribution in [-0.4, -0.2) is 36.2 Å². The van der Waals surface area contributed by atoms with Gasteiger partial charge in [-0.3, -0.25) is 0 Å². The number of methoxy groups -OCH3 is 1. The molecule has 0 aromatic carbocycles. The highest BCUT2D eigenvalue weighted by Gasteiger charge is 2.13. The van der Waals surface area contributed by atoms with E-state index < -0.39 is 0 Å². The molecule has 2 rings (SSSR count). The lowest BCUT2D eigenvalue weighted by atomic mass is 10.1. The molecule has 0 bridgehead atoms. The van der Waals surface area contributed by atoms with Gasteiger partial charge >= 0.3 is 0 Å². The Balaban J connectivity index is 0.00000128. The number of nitrogens with zero attached hydrogens (tertiary/aromatic N) is 2. The largest absolute Gasteiger partial charge is 0.481 e. The van der Waals surface area contributed by atoms with E-state index in [2.05, 4.69) is 20.6 Å². The van der Waals surface area contributed by atoms with E-state index in [0.29, 0.717) is 11.9 Å². The summed E-state index contributed by atoms with van der Waals surface area (Å²) in [6.07, 6.45) is 3.78. The van der Waals surface area contributed by atoms with Crippen molar-refractivity contribution in [2.45, 2.75) is 18.9 Å². The Labute approximate surface area is 101 Å². The Morgan fingerprint density at radius 1 is 1.38 bits per heavy atom. The number of aromatic nitrogens is 2. The van der Waals surface area contributed by atoms with Gasteiger partial charge in [0.1, 0.15) is 12.1 Å². The summed E-state index contributed by atoms with van der Waals surface area (Å²) in [5.41, 5.74) is 0. The molecule has 1 fully saturated rings. The van der Waals surface area contributed by atoms with E-state index in [9.17, 15) is 0 Å². The van der Waals surface area contributed by atoms with Crippen molar-refractivity contribution in [2.24, 2.45) is 0 Å². The molecular weight excluding hydrogens is 228 g/mol. The van der Waals surface area contributed by atoms with Crippen molar-refractivity contribution < 1.29 is 4.74 Å². The molecule has 0 spiro atoms. The summed E-state index contributed by atoms with van der Waals surface area (Å²) in [7, 11) is 1.61. The maximum absolute atomic E-state index is 5.04. The number of hydrogen-bond donors (Lipinski definition) is 2. The Kier molecular flexibility index (Phi) is 5.28. The topological polar surface area (TPSA) is 59.1 Å².